The molecule has 1 heteroatoms. The van der Waals surface area contributed by atoms with Crippen LogP contribution in [0.1, 0.15) is 107 Å². The summed E-state index contributed by atoms with van der Waals surface area (Å²) in [5, 5.41) is 2.71. The maximum Gasteiger partial charge on any atom is 0.0491 e. The molecule has 1 aromatic heterocycles. The fraction of sp³-hybridized carbons (Fsp3) is 0.400. The van der Waals surface area contributed by atoms with Crippen molar-refractivity contribution in [1.82, 2.24) is 4.57 Å². The zero-order chi connectivity index (χ0) is 30.5. The first kappa shape index (κ1) is 39.8. The lowest BCUT2D eigenvalue weighted by atomic mass is 10.1. The molecule has 0 aliphatic heterocycles. The van der Waals surface area contributed by atoms with E-state index in [2.05, 4.69) is 123 Å². The second-order valence-corrected chi connectivity index (χ2v) is 8.48. The van der Waals surface area contributed by atoms with Gasteiger partial charge in [0.25, 0.3) is 0 Å². The molecule has 1 nitrogen and oxygen atoms in total. The molecule has 0 saturated carbocycles. The Morgan fingerprint density at radius 2 is 0.951 bits per heavy atom. The lowest BCUT2D eigenvalue weighted by Gasteiger charge is -1.99. The third kappa shape index (κ3) is 10.5. The second-order valence-electron chi connectivity index (χ2n) is 8.48. The molecule has 1 heterocycles. The first-order chi connectivity index (χ1) is 19.7. The van der Waals surface area contributed by atoms with E-state index in [0.29, 0.717) is 0 Å². The molecule has 1 aliphatic rings. The molecule has 0 N–H and O–H groups in total. The van der Waals surface area contributed by atoms with Gasteiger partial charge in [-0.1, -0.05) is 169 Å². The average molecular weight is 556 g/mol. The number of nitrogens with zero attached hydrogens (tertiary/aromatic N) is 1. The lowest BCUT2D eigenvalue weighted by Crippen LogP contribution is -1.87. The van der Waals surface area contributed by atoms with Gasteiger partial charge < -0.3 is 4.57 Å². The van der Waals surface area contributed by atoms with E-state index in [1.54, 1.807) is 0 Å². The molecule has 0 atom stereocenters. The highest BCUT2D eigenvalue weighted by Gasteiger charge is 2.15. The molecule has 0 radical (unpaired) electrons. The maximum absolute atomic E-state index is 2.30. The van der Waals surface area contributed by atoms with Gasteiger partial charge in [0, 0.05) is 28.9 Å². The quantitative estimate of drug-likeness (QED) is 0.190. The van der Waals surface area contributed by atoms with E-state index < -0.39 is 0 Å². The van der Waals surface area contributed by atoms with Crippen molar-refractivity contribution in [3.05, 3.63) is 108 Å². The van der Waals surface area contributed by atoms with Crippen LogP contribution in [0.4, 0.5) is 0 Å². The summed E-state index contributed by atoms with van der Waals surface area (Å²) in [5.74, 6) is 0. The van der Waals surface area contributed by atoms with Crippen molar-refractivity contribution >= 4 is 21.8 Å². The number of aromatic nitrogens is 1. The molecule has 0 amide bonds. The van der Waals surface area contributed by atoms with E-state index in [1.807, 2.05) is 55.4 Å². The molecule has 5 aromatic rings. The molecule has 0 fully saturated rings. The highest BCUT2D eigenvalue weighted by atomic mass is 14.9. The highest BCUT2D eigenvalue weighted by molar-refractivity contribution is 6.08. The minimum absolute atomic E-state index is 0. The predicted octanol–water partition coefficient (Wildman–Crippen LogP) is 13.3. The van der Waals surface area contributed by atoms with E-state index in [4.69, 9.17) is 0 Å². The molecule has 4 aromatic carbocycles. The fourth-order valence-electron chi connectivity index (χ4n) is 4.51. The summed E-state index contributed by atoms with van der Waals surface area (Å²) >= 11 is 0. The Labute approximate surface area is 254 Å². The number of benzene rings is 4. The van der Waals surface area contributed by atoms with Crippen molar-refractivity contribution in [1.29, 1.82) is 0 Å². The molecule has 0 bridgehead atoms. The van der Waals surface area contributed by atoms with Crippen molar-refractivity contribution in [2.75, 3.05) is 0 Å². The Hall–Kier alpha value is -3.32. The van der Waals surface area contributed by atoms with Gasteiger partial charge in [0.2, 0.25) is 0 Å². The van der Waals surface area contributed by atoms with Crippen LogP contribution in [0.3, 0.4) is 0 Å². The van der Waals surface area contributed by atoms with Gasteiger partial charge in [0.15, 0.2) is 0 Å². The van der Waals surface area contributed by atoms with E-state index in [9.17, 15) is 0 Å². The van der Waals surface area contributed by atoms with Gasteiger partial charge in [-0.2, -0.15) is 0 Å². The van der Waals surface area contributed by atoms with Crippen LogP contribution >= 0.6 is 0 Å². The summed E-state index contributed by atoms with van der Waals surface area (Å²) in [4.78, 5) is 0. The Kier molecular flexibility index (Phi) is 22.7. The van der Waals surface area contributed by atoms with Crippen LogP contribution in [-0.2, 0) is 19.9 Å². The fourth-order valence-corrected chi connectivity index (χ4v) is 4.51. The average Bonchev–Trinajstić information content (AvgIpc) is 3.57. The Morgan fingerprint density at radius 1 is 0.537 bits per heavy atom. The van der Waals surface area contributed by atoms with Gasteiger partial charge in [-0.3, -0.25) is 0 Å². The highest BCUT2D eigenvalue weighted by Crippen LogP contribution is 2.35. The van der Waals surface area contributed by atoms with Crippen LogP contribution in [0, 0.1) is 0 Å². The number of hydrogen-bond acceptors (Lipinski definition) is 0. The van der Waals surface area contributed by atoms with E-state index >= 15 is 0 Å². The number of hydrogen-bond donors (Lipinski definition) is 0. The van der Waals surface area contributed by atoms with Crippen molar-refractivity contribution in [3.8, 4) is 11.1 Å². The van der Waals surface area contributed by atoms with Crippen LogP contribution in [0.5, 0.6) is 0 Å². The zero-order valence-corrected chi connectivity index (χ0v) is 27.7. The van der Waals surface area contributed by atoms with Gasteiger partial charge in [0.1, 0.15) is 0 Å². The third-order valence-electron chi connectivity index (χ3n) is 6.09. The van der Waals surface area contributed by atoms with Gasteiger partial charge in [-0.15, -0.1) is 0 Å². The summed E-state index contributed by atoms with van der Waals surface area (Å²) in [6.07, 6.45) is 3.45. The van der Waals surface area contributed by atoms with Crippen LogP contribution in [-0.4, -0.2) is 4.57 Å². The third-order valence-corrected chi connectivity index (χ3v) is 6.09. The van der Waals surface area contributed by atoms with Crippen LogP contribution in [0.25, 0.3) is 32.9 Å². The van der Waals surface area contributed by atoms with Gasteiger partial charge in [-0.25, -0.2) is 0 Å². The molecule has 0 unspecified atom stereocenters. The molecular weight excluding hydrogens is 494 g/mol. The molecule has 41 heavy (non-hydrogen) atoms. The number of fused-ring (bicyclic) bond motifs is 6. The van der Waals surface area contributed by atoms with Gasteiger partial charge in [-0.05, 0) is 52.8 Å². The second kappa shape index (κ2) is 23.4. The number of rotatable bonds is 1. The largest absolute Gasteiger partial charge is 0.344 e. The Morgan fingerprint density at radius 3 is 1.44 bits per heavy atom. The van der Waals surface area contributed by atoms with Crippen molar-refractivity contribution in [2.45, 2.75) is 103 Å². The smallest absolute Gasteiger partial charge is 0.0491 e. The van der Waals surface area contributed by atoms with Crippen LogP contribution < -0.4 is 0 Å². The molecular formula is C40H61N. The lowest BCUT2D eigenvalue weighted by molar-refractivity contribution is 1.01. The van der Waals surface area contributed by atoms with Crippen LogP contribution in [0.2, 0.25) is 0 Å². The van der Waals surface area contributed by atoms with E-state index in [0.717, 1.165) is 12.8 Å². The minimum atomic E-state index is 0. The summed E-state index contributed by atoms with van der Waals surface area (Å²) in [7, 11) is 2.14. The monoisotopic (exact) mass is 555 g/mol. The summed E-state index contributed by atoms with van der Waals surface area (Å²) in [6, 6.07) is 32.7. The van der Waals surface area contributed by atoms with Crippen LogP contribution in [0.15, 0.2) is 91.0 Å². The Bertz CT molecular complexity index is 1300. The number of para-hydroxylation sites is 1. The summed E-state index contributed by atoms with van der Waals surface area (Å²) < 4.78 is 2.28. The van der Waals surface area contributed by atoms with E-state index in [-0.39, 0.29) is 7.43 Å². The van der Waals surface area contributed by atoms with Gasteiger partial charge in [0.05, 0.1) is 0 Å². The molecule has 6 rings (SSSR count). The van der Waals surface area contributed by atoms with Crippen molar-refractivity contribution < 1.29 is 0 Å². The van der Waals surface area contributed by atoms with E-state index in [1.165, 1.54) is 56.0 Å². The first-order valence-electron chi connectivity index (χ1n) is 15.8. The van der Waals surface area contributed by atoms with Crippen molar-refractivity contribution in [2.24, 2.45) is 7.05 Å². The zero-order valence-electron chi connectivity index (χ0n) is 27.7. The SMILES string of the molecule is C.CC.CC.CC.CC.CCC.CCc1ccc2c3ccccc3n(C)c2c1.c1ccc2c(c1)Cc1ccccc1-2. The Balaban J connectivity index is 0. The van der Waals surface area contributed by atoms with Gasteiger partial charge >= 0.3 is 0 Å². The first-order valence-corrected chi connectivity index (χ1v) is 15.8. The minimum Gasteiger partial charge on any atom is -0.344 e. The molecule has 226 valence electrons. The topological polar surface area (TPSA) is 4.93 Å². The molecule has 1 aliphatic carbocycles. The summed E-state index contributed by atoms with van der Waals surface area (Å²) in [5.41, 5.74) is 9.80. The van der Waals surface area contributed by atoms with Crippen molar-refractivity contribution in [3.63, 3.8) is 0 Å². The maximum atomic E-state index is 2.30. The standard InChI is InChI=1S/C15H15N.C13H10.C3H8.4C2H6.CH4/c1-3-11-8-9-13-12-6-4-5-7-14(12)16(2)15(13)10-11;1-3-7-12-10(5-1)9-11-6-2-4-8-13(11)12;1-3-2;4*1-2;/h4-10H,3H2,1-2H3;1-8H,9H2;3H2,1-2H3;4*1-2H3;1H4. The normalized spacial score (nSPS) is 9.37. The molecule has 0 saturated heterocycles. The number of aryl methyl sites for hydroxylation is 2. The molecule has 0 spiro atoms. The predicted molar refractivity (Wildman–Crippen MR) is 193 cm³/mol. The summed E-state index contributed by atoms with van der Waals surface area (Å²) in [6.45, 7) is 22.4.